The molecule has 7 nitrogen and oxygen atoms in total. The molecular formula is C14H27N5O2. The van der Waals surface area contributed by atoms with Crippen molar-refractivity contribution in [1.29, 1.82) is 0 Å². The number of aromatic nitrogens is 2. The van der Waals surface area contributed by atoms with Gasteiger partial charge in [-0.25, -0.2) is 4.79 Å². The third-order valence-corrected chi connectivity index (χ3v) is 3.40. The minimum Gasteiger partial charge on any atom is -0.383 e. The van der Waals surface area contributed by atoms with Gasteiger partial charge in [-0.15, -0.1) is 0 Å². The highest BCUT2D eigenvalue weighted by Gasteiger charge is 2.14. The molecule has 21 heavy (non-hydrogen) atoms. The molecule has 3 N–H and O–H groups in total. The Balaban J connectivity index is 3.00. The van der Waals surface area contributed by atoms with E-state index in [0.29, 0.717) is 18.8 Å². The average Bonchev–Trinajstić information content (AvgIpc) is 2.44. The zero-order valence-electron chi connectivity index (χ0n) is 13.5. The maximum Gasteiger partial charge on any atom is 0.332 e. The topological polar surface area (TPSA) is 85.3 Å². The largest absolute Gasteiger partial charge is 0.383 e. The summed E-state index contributed by atoms with van der Waals surface area (Å²) in [6, 6.07) is 0. The molecule has 1 aromatic heterocycles. The van der Waals surface area contributed by atoms with E-state index in [9.17, 15) is 9.59 Å². The second-order valence-electron chi connectivity index (χ2n) is 5.50. The van der Waals surface area contributed by atoms with Crippen molar-refractivity contribution < 1.29 is 0 Å². The van der Waals surface area contributed by atoms with E-state index in [-0.39, 0.29) is 17.1 Å². The Bertz CT molecular complexity index is 574. The molecule has 0 unspecified atom stereocenters. The Morgan fingerprint density at radius 3 is 2.48 bits per heavy atom. The first-order valence-electron chi connectivity index (χ1n) is 7.38. The summed E-state index contributed by atoms with van der Waals surface area (Å²) in [7, 11) is 5.48. The summed E-state index contributed by atoms with van der Waals surface area (Å²) in [5.41, 5.74) is 5.62. The van der Waals surface area contributed by atoms with Gasteiger partial charge in [0.2, 0.25) is 0 Å². The van der Waals surface area contributed by atoms with Crippen molar-refractivity contribution in [3.05, 3.63) is 20.8 Å². The molecule has 0 saturated heterocycles. The van der Waals surface area contributed by atoms with Crippen LogP contribution in [0, 0.1) is 0 Å². The van der Waals surface area contributed by atoms with Gasteiger partial charge in [0.15, 0.2) is 0 Å². The highest BCUT2D eigenvalue weighted by Crippen LogP contribution is 2.11. The van der Waals surface area contributed by atoms with Crippen LogP contribution in [0.25, 0.3) is 0 Å². The van der Waals surface area contributed by atoms with Gasteiger partial charge in [0.05, 0.1) is 0 Å². The summed E-state index contributed by atoms with van der Waals surface area (Å²) in [6.45, 7) is 4.14. The quantitative estimate of drug-likeness (QED) is 0.674. The van der Waals surface area contributed by atoms with Crippen LogP contribution in [0.2, 0.25) is 0 Å². The van der Waals surface area contributed by atoms with Crippen molar-refractivity contribution in [3.8, 4) is 0 Å². The number of rotatable bonds is 8. The molecule has 1 aromatic rings. The van der Waals surface area contributed by atoms with Crippen LogP contribution in [-0.4, -0.2) is 41.2 Å². The van der Waals surface area contributed by atoms with Gasteiger partial charge in [-0.1, -0.05) is 13.3 Å². The van der Waals surface area contributed by atoms with Crippen LogP contribution >= 0.6 is 0 Å². The van der Waals surface area contributed by atoms with E-state index in [4.69, 9.17) is 5.73 Å². The van der Waals surface area contributed by atoms with Gasteiger partial charge in [0.25, 0.3) is 5.56 Å². The minimum atomic E-state index is -0.366. The number of hydrogen-bond donors (Lipinski definition) is 2. The van der Waals surface area contributed by atoms with Gasteiger partial charge in [-0.3, -0.25) is 13.9 Å². The third kappa shape index (κ3) is 4.35. The standard InChI is InChI=1S/C14H27N5O2/c1-5-6-10-19-12(15)11(13(20)18(4)14(19)21)16-8-7-9-17(2)3/h16H,5-10,15H2,1-4H3. The van der Waals surface area contributed by atoms with Gasteiger partial charge in [-0.2, -0.15) is 0 Å². The lowest BCUT2D eigenvalue weighted by atomic mass is 10.3. The number of nitrogen functional groups attached to an aromatic ring is 1. The maximum atomic E-state index is 12.2. The predicted molar refractivity (Wildman–Crippen MR) is 86.9 cm³/mol. The van der Waals surface area contributed by atoms with Crippen LogP contribution < -0.4 is 22.3 Å². The van der Waals surface area contributed by atoms with E-state index in [1.54, 1.807) is 0 Å². The first kappa shape index (κ1) is 17.3. The molecule has 0 amide bonds. The number of nitrogens with zero attached hydrogens (tertiary/aromatic N) is 3. The summed E-state index contributed by atoms with van der Waals surface area (Å²) in [5.74, 6) is 0.237. The van der Waals surface area contributed by atoms with Crippen molar-refractivity contribution in [3.63, 3.8) is 0 Å². The van der Waals surface area contributed by atoms with Gasteiger partial charge < -0.3 is 16.0 Å². The zero-order valence-corrected chi connectivity index (χ0v) is 13.5. The SMILES string of the molecule is CCCCn1c(N)c(NCCCN(C)C)c(=O)n(C)c1=O. The smallest absolute Gasteiger partial charge is 0.332 e. The summed E-state index contributed by atoms with van der Waals surface area (Å²) >= 11 is 0. The first-order valence-corrected chi connectivity index (χ1v) is 7.38. The molecule has 0 radical (unpaired) electrons. The molecule has 1 rings (SSSR count). The Morgan fingerprint density at radius 1 is 1.24 bits per heavy atom. The molecule has 0 saturated carbocycles. The van der Waals surface area contributed by atoms with Crippen LogP contribution in [0.4, 0.5) is 11.5 Å². The van der Waals surface area contributed by atoms with Crippen molar-refractivity contribution >= 4 is 11.5 Å². The van der Waals surface area contributed by atoms with Crippen LogP contribution in [0.1, 0.15) is 26.2 Å². The molecule has 7 heteroatoms. The zero-order chi connectivity index (χ0) is 16.0. The van der Waals surface area contributed by atoms with E-state index in [1.165, 1.54) is 11.6 Å². The number of hydrogen-bond acceptors (Lipinski definition) is 5. The fraction of sp³-hybridized carbons (Fsp3) is 0.714. The van der Waals surface area contributed by atoms with Gasteiger partial charge in [0.1, 0.15) is 11.5 Å². The van der Waals surface area contributed by atoms with E-state index in [2.05, 4.69) is 10.2 Å². The van der Waals surface area contributed by atoms with Gasteiger partial charge in [-0.05, 0) is 33.5 Å². The first-order chi connectivity index (χ1) is 9.90. The lowest BCUT2D eigenvalue weighted by Gasteiger charge is -2.16. The van der Waals surface area contributed by atoms with Crippen LogP contribution in [-0.2, 0) is 13.6 Å². The Morgan fingerprint density at radius 2 is 1.90 bits per heavy atom. The van der Waals surface area contributed by atoms with Gasteiger partial charge in [0, 0.05) is 20.1 Å². The van der Waals surface area contributed by atoms with Gasteiger partial charge >= 0.3 is 5.69 Å². The van der Waals surface area contributed by atoms with E-state index >= 15 is 0 Å². The maximum absolute atomic E-state index is 12.2. The molecule has 0 fully saturated rings. The fourth-order valence-corrected chi connectivity index (χ4v) is 2.09. The number of anilines is 2. The summed E-state index contributed by atoms with van der Waals surface area (Å²) in [4.78, 5) is 26.3. The van der Waals surface area contributed by atoms with E-state index < -0.39 is 0 Å². The number of unbranched alkanes of at least 4 members (excludes halogenated alkanes) is 1. The average molecular weight is 297 g/mol. The van der Waals surface area contributed by atoms with E-state index in [0.717, 1.165) is 30.4 Å². The second kappa shape index (κ2) is 7.87. The normalized spacial score (nSPS) is 11.1. The highest BCUT2D eigenvalue weighted by atomic mass is 16.2. The van der Waals surface area contributed by atoms with Crippen LogP contribution in [0.3, 0.4) is 0 Å². The molecular weight excluding hydrogens is 270 g/mol. The van der Waals surface area contributed by atoms with Crippen molar-refractivity contribution in [2.24, 2.45) is 7.05 Å². The van der Waals surface area contributed by atoms with Crippen LogP contribution in [0.15, 0.2) is 9.59 Å². The Hall–Kier alpha value is -1.76. The van der Waals surface area contributed by atoms with Crippen molar-refractivity contribution in [2.45, 2.75) is 32.7 Å². The molecule has 0 aliphatic carbocycles. The number of nitrogens with two attached hydrogens (primary N) is 1. The van der Waals surface area contributed by atoms with Crippen molar-refractivity contribution in [1.82, 2.24) is 14.0 Å². The summed E-state index contributed by atoms with van der Waals surface area (Å²) < 4.78 is 2.58. The lowest BCUT2D eigenvalue weighted by Crippen LogP contribution is -2.41. The monoisotopic (exact) mass is 297 g/mol. The molecule has 0 aromatic carbocycles. The number of nitrogens with one attached hydrogen (secondary N) is 1. The molecule has 0 aliphatic heterocycles. The van der Waals surface area contributed by atoms with E-state index in [1.807, 2.05) is 21.0 Å². The van der Waals surface area contributed by atoms with Crippen LogP contribution in [0.5, 0.6) is 0 Å². The molecule has 0 atom stereocenters. The molecule has 0 aliphatic rings. The molecule has 1 heterocycles. The molecule has 120 valence electrons. The predicted octanol–water partition coefficient (Wildman–Crippen LogP) is 0.293. The highest BCUT2D eigenvalue weighted by molar-refractivity contribution is 5.60. The Kier molecular flexibility index (Phi) is 6.48. The summed E-state index contributed by atoms with van der Waals surface area (Å²) in [5, 5.41) is 3.08. The lowest BCUT2D eigenvalue weighted by molar-refractivity contribution is 0.405. The van der Waals surface area contributed by atoms with Crippen molar-refractivity contribution in [2.75, 3.05) is 38.2 Å². The Labute approximate surface area is 125 Å². The fourth-order valence-electron chi connectivity index (χ4n) is 2.09. The third-order valence-electron chi connectivity index (χ3n) is 3.40. The summed E-state index contributed by atoms with van der Waals surface area (Å²) in [6.07, 6.45) is 2.70. The minimum absolute atomic E-state index is 0.237. The molecule has 0 spiro atoms. The second-order valence-corrected chi connectivity index (χ2v) is 5.50. The molecule has 0 bridgehead atoms.